The summed E-state index contributed by atoms with van der Waals surface area (Å²) >= 11 is 0. The van der Waals surface area contributed by atoms with Crippen LogP contribution >= 0.6 is 0 Å². The van der Waals surface area contributed by atoms with Crippen LogP contribution in [0.2, 0.25) is 0 Å². The number of aliphatic carboxylic acids is 2. The van der Waals surface area contributed by atoms with E-state index in [1.165, 1.54) is 0 Å². The van der Waals surface area contributed by atoms with Crippen molar-refractivity contribution in [3.63, 3.8) is 0 Å². The van der Waals surface area contributed by atoms with E-state index in [2.05, 4.69) is 18.0 Å². The summed E-state index contributed by atoms with van der Waals surface area (Å²) in [5, 5.41) is 15.2. The molecule has 0 aliphatic rings. The summed E-state index contributed by atoms with van der Waals surface area (Å²) in [6, 6.07) is 0. The molecule has 22 heavy (non-hydrogen) atoms. The van der Waals surface area contributed by atoms with Crippen LogP contribution in [0.15, 0.2) is 39.7 Å². The van der Waals surface area contributed by atoms with E-state index in [-0.39, 0.29) is 6.61 Å². The molecular weight excluding hydrogens is 302 g/mol. The van der Waals surface area contributed by atoms with Crippen LogP contribution in [0.1, 0.15) is 6.92 Å². The number of nitrogens with one attached hydrogen (secondary N) is 2. The second-order valence-corrected chi connectivity index (χ2v) is 2.99. The highest BCUT2D eigenvalue weighted by molar-refractivity contribution is 5.79. The highest BCUT2D eigenvalue weighted by Crippen LogP contribution is 1.57. The molecule has 1 aromatic heterocycles. The van der Waals surface area contributed by atoms with E-state index in [0.717, 1.165) is 12.2 Å². The van der Waals surface area contributed by atoms with Crippen molar-refractivity contribution in [3.8, 4) is 0 Å². The number of carboxylic acids is 2. The first-order valence-corrected chi connectivity index (χ1v) is 5.49. The number of carboxylic acid groups (broad SMARTS) is 2. The Morgan fingerprint density at radius 2 is 1.41 bits per heavy atom. The molecule has 0 aromatic carbocycles. The Morgan fingerprint density at radius 3 is 1.64 bits per heavy atom. The SMILES string of the molecule is C=CC(=O)O.C=CC(=O)O.CCOn1c(=O)[nH]c(=O)[nH]c1=O. The van der Waals surface area contributed by atoms with Crippen molar-refractivity contribution in [2.24, 2.45) is 0 Å². The van der Waals surface area contributed by atoms with Gasteiger partial charge in [0.05, 0.1) is 0 Å². The highest BCUT2D eigenvalue weighted by atomic mass is 16.7. The summed E-state index contributed by atoms with van der Waals surface area (Å²) in [7, 11) is 0. The fraction of sp³-hybridized carbons (Fsp3) is 0.182. The molecular formula is C11H15N3O8. The fourth-order valence-electron chi connectivity index (χ4n) is 0.666. The quantitative estimate of drug-likeness (QED) is 0.470. The molecule has 11 nitrogen and oxygen atoms in total. The number of carbonyl (C=O) groups is 2. The van der Waals surface area contributed by atoms with Gasteiger partial charge in [0.2, 0.25) is 0 Å². The van der Waals surface area contributed by atoms with Gasteiger partial charge >= 0.3 is 29.0 Å². The predicted molar refractivity (Wildman–Crippen MR) is 74.7 cm³/mol. The smallest absolute Gasteiger partial charge is 0.367 e. The van der Waals surface area contributed by atoms with Crippen LogP contribution in [0.4, 0.5) is 0 Å². The van der Waals surface area contributed by atoms with Gasteiger partial charge in [-0.3, -0.25) is 9.97 Å². The van der Waals surface area contributed by atoms with E-state index in [1.807, 2.05) is 9.97 Å². The van der Waals surface area contributed by atoms with Crippen LogP contribution in [-0.4, -0.2) is 43.5 Å². The topological polar surface area (TPSA) is 172 Å². The lowest BCUT2D eigenvalue weighted by Gasteiger charge is -2.00. The van der Waals surface area contributed by atoms with Crippen LogP contribution < -0.4 is 21.9 Å². The van der Waals surface area contributed by atoms with Gasteiger partial charge in [0, 0.05) is 12.2 Å². The molecule has 0 aliphatic heterocycles. The molecule has 0 unspecified atom stereocenters. The van der Waals surface area contributed by atoms with E-state index in [4.69, 9.17) is 10.2 Å². The molecule has 1 rings (SSSR count). The summed E-state index contributed by atoms with van der Waals surface area (Å²) in [5.41, 5.74) is -2.61. The maximum absolute atomic E-state index is 10.8. The minimum absolute atomic E-state index is 0.162. The van der Waals surface area contributed by atoms with E-state index < -0.39 is 29.0 Å². The minimum Gasteiger partial charge on any atom is -0.478 e. The number of hydrogen-bond donors (Lipinski definition) is 4. The van der Waals surface area contributed by atoms with Crippen molar-refractivity contribution in [1.29, 1.82) is 0 Å². The summed E-state index contributed by atoms with van der Waals surface area (Å²) in [5.74, 6) is -1.96. The molecule has 0 fully saturated rings. The van der Waals surface area contributed by atoms with Crippen LogP contribution in [0, 0.1) is 0 Å². The van der Waals surface area contributed by atoms with E-state index in [9.17, 15) is 24.0 Å². The van der Waals surface area contributed by atoms with Gasteiger partial charge in [0.1, 0.15) is 6.61 Å². The molecule has 1 heterocycles. The normalized spacial score (nSPS) is 8.23. The van der Waals surface area contributed by atoms with Crippen molar-refractivity contribution in [1.82, 2.24) is 14.7 Å². The van der Waals surface area contributed by atoms with Gasteiger partial charge in [-0.05, 0) is 6.92 Å². The lowest BCUT2D eigenvalue weighted by Crippen LogP contribution is -2.46. The summed E-state index contributed by atoms with van der Waals surface area (Å²) in [6.07, 6.45) is 1.67. The largest absolute Gasteiger partial charge is 0.478 e. The number of H-pyrrole nitrogens is 2. The molecule has 0 bridgehead atoms. The molecule has 11 heteroatoms. The monoisotopic (exact) mass is 317 g/mol. The fourth-order valence-corrected chi connectivity index (χ4v) is 0.666. The van der Waals surface area contributed by atoms with Crippen LogP contribution in [-0.2, 0) is 9.59 Å². The Labute approximate surface area is 122 Å². The molecule has 0 spiro atoms. The zero-order valence-corrected chi connectivity index (χ0v) is 11.6. The summed E-state index contributed by atoms with van der Waals surface area (Å²) in [6.45, 7) is 7.69. The molecule has 0 aliphatic carbocycles. The van der Waals surface area contributed by atoms with Gasteiger partial charge in [0.15, 0.2) is 0 Å². The van der Waals surface area contributed by atoms with Crippen LogP contribution in [0.3, 0.4) is 0 Å². The maximum Gasteiger partial charge on any atom is 0.367 e. The first-order valence-electron chi connectivity index (χ1n) is 5.49. The molecule has 0 saturated heterocycles. The van der Waals surface area contributed by atoms with Gasteiger partial charge in [-0.1, -0.05) is 17.9 Å². The average molecular weight is 317 g/mol. The predicted octanol–water partition coefficient (Wildman–Crippen LogP) is -1.81. The molecule has 0 radical (unpaired) electrons. The molecule has 122 valence electrons. The average Bonchev–Trinajstić information content (AvgIpc) is 2.44. The summed E-state index contributed by atoms with van der Waals surface area (Å²) in [4.78, 5) is 58.9. The molecule has 1 aromatic rings. The van der Waals surface area contributed by atoms with Gasteiger partial charge in [-0.15, -0.1) is 0 Å². The number of aromatic nitrogens is 3. The molecule has 0 atom stereocenters. The first kappa shape index (κ1) is 20.9. The zero-order chi connectivity index (χ0) is 17.7. The number of nitrogens with zero attached hydrogens (tertiary/aromatic N) is 1. The van der Waals surface area contributed by atoms with Gasteiger partial charge in [0.25, 0.3) is 0 Å². The van der Waals surface area contributed by atoms with Crippen molar-refractivity contribution in [2.45, 2.75) is 6.92 Å². The third-order valence-electron chi connectivity index (χ3n) is 1.42. The lowest BCUT2D eigenvalue weighted by molar-refractivity contribution is -0.132. The van der Waals surface area contributed by atoms with E-state index in [1.54, 1.807) is 6.92 Å². The Bertz CT molecular complexity index is 629. The highest BCUT2D eigenvalue weighted by Gasteiger charge is 2.00. The zero-order valence-electron chi connectivity index (χ0n) is 11.6. The molecule has 0 saturated carbocycles. The standard InChI is InChI=1S/C5H7N3O4.2C3H4O2/c1-2-12-8-4(10)6-3(9)7-5(8)11;2*1-2-3(4)5/h2H2,1H3,(H2,6,7,9,10,11);2*2H,1H2,(H,4,5). The van der Waals surface area contributed by atoms with Crippen LogP contribution in [0.5, 0.6) is 0 Å². The third kappa shape index (κ3) is 10.5. The van der Waals surface area contributed by atoms with Gasteiger partial charge in [-0.25, -0.2) is 24.0 Å². The number of hydrogen-bond acceptors (Lipinski definition) is 6. The lowest BCUT2D eigenvalue weighted by atomic mass is 10.7. The second-order valence-electron chi connectivity index (χ2n) is 2.99. The Kier molecular flexibility index (Phi) is 10.9. The van der Waals surface area contributed by atoms with E-state index in [0.29, 0.717) is 4.73 Å². The third-order valence-corrected chi connectivity index (χ3v) is 1.42. The Morgan fingerprint density at radius 1 is 1.09 bits per heavy atom. The number of aromatic amines is 2. The van der Waals surface area contributed by atoms with Crippen molar-refractivity contribution >= 4 is 11.9 Å². The van der Waals surface area contributed by atoms with Crippen molar-refractivity contribution in [2.75, 3.05) is 6.61 Å². The Hall–Kier alpha value is -3.37. The maximum atomic E-state index is 10.8. The number of rotatable bonds is 4. The first-order chi connectivity index (χ1) is 10.2. The van der Waals surface area contributed by atoms with Crippen LogP contribution in [0.25, 0.3) is 0 Å². The van der Waals surface area contributed by atoms with E-state index >= 15 is 0 Å². The molecule has 0 amide bonds. The molecule has 4 N–H and O–H groups in total. The van der Waals surface area contributed by atoms with Gasteiger partial charge in [-0.2, -0.15) is 0 Å². The van der Waals surface area contributed by atoms with Gasteiger partial charge < -0.3 is 15.1 Å². The van der Waals surface area contributed by atoms with Crippen molar-refractivity contribution < 1.29 is 24.6 Å². The van der Waals surface area contributed by atoms with Crippen molar-refractivity contribution in [3.05, 3.63) is 56.8 Å². The Balaban J connectivity index is 0. The summed E-state index contributed by atoms with van der Waals surface area (Å²) < 4.78 is 0.446. The minimum atomic E-state index is -0.981. The second kappa shape index (κ2) is 11.5.